The van der Waals surface area contributed by atoms with Crippen LogP contribution in [0.15, 0.2) is 12.4 Å². The number of aromatic nitrogens is 2. The number of nitrogens with one attached hydrogen (secondary N) is 1. The standard InChI is InChI=1S/C15H26N4O2/c1-12(2)21-15-9-14(17-11-18-15)19-7-4-5-13(19)10-16-6-8-20-3/h9,11-13,16H,4-8,10H2,1-3H3. The highest BCUT2D eigenvalue weighted by Crippen LogP contribution is 2.25. The molecule has 2 heterocycles. The average Bonchev–Trinajstić information content (AvgIpc) is 2.91. The molecule has 1 fully saturated rings. The lowest BCUT2D eigenvalue weighted by Gasteiger charge is -2.26. The van der Waals surface area contributed by atoms with Gasteiger partial charge in [0.05, 0.1) is 12.7 Å². The second kappa shape index (κ2) is 8.14. The zero-order chi connectivity index (χ0) is 15.1. The van der Waals surface area contributed by atoms with E-state index in [9.17, 15) is 0 Å². The van der Waals surface area contributed by atoms with Crippen LogP contribution >= 0.6 is 0 Å². The summed E-state index contributed by atoms with van der Waals surface area (Å²) in [5.41, 5.74) is 0. The van der Waals surface area contributed by atoms with Crippen LogP contribution in [0.4, 0.5) is 5.82 Å². The summed E-state index contributed by atoms with van der Waals surface area (Å²) in [6.45, 7) is 7.61. The van der Waals surface area contributed by atoms with Crippen molar-refractivity contribution < 1.29 is 9.47 Å². The topological polar surface area (TPSA) is 59.5 Å². The van der Waals surface area contributed by atoms with Crippen molar-refractivity contribution in [3.05, 3.63) is 12.4 Å². The van der Waals surface area contributed by atoms with E-state index >= 15 is 0 Å². The zero-order valence-corrected chi connectivity index (χ0v) is 13.2. The van der Waals surface area contributed by atoms with Gasteiger partial charge in [-0.1, -0.05) is 0 Å². The highest BCUT2D eigenvalue weighted by Gasteiger charge is 2.25. The third-order valence-corrected chi connectivity index (χ3v) is 3.52. The van der Waals surface area contributed by atoms with Crippen LogP contribution in [0, 0.1) is 0 Å². The molecule has 6 nitrogen and oxygen atoms in total. The third kappa shape index (κ3) is 4.82. The maximum atomic E-state index is 5.65. The first-order valence-corrected chi connectivity index (χ1v) is 7.65. The molecule has 1 aliphatic rings. The lowest BCUT2D eigenvalue weighted by Crippen LogP contribution is -2.39. The summed E-state index contributed by atoms with van der Waals surface area (Å²) in [6.07, 6.45) is 4.09. The first-order chi connectivity index (χ1) is 10.2. The predicted octanol–water partition coefficient (Wildman–Crippen LogP) is 1.47. The van der Waals surface area contributed by atoms with Crippen molar-refractivity contribution in [3.63, 3.8) is 0 Å². The molecule has 1 unspecified atom stereocenters. The minimum Gasteiger partial charge on any atom is -0.475 e. The van der Waals surface area contributed by atoms with Crippen molar-refractivity contribution in [3.8, 4) is 5.88 Å². The van der Waals surface area contributed by atoms with Gasteiger partial charge in [0.15, 0.2) is 0 Å². The molecule has 0 aromatic carbocycles. The molecule has 2 rings (SSSR count). The van der Waals surface area contributed by atoms with E-state index in [2.05, 4.69) is 20.2 Å². The Kier molecular flexibility index (Phi) is 6.20. The lowest BCUT2D eigenvalue weighted by molar-refractivity contribution is 0.199. The Hall–Kier alpha value is -1.40. The Balaban J connectivity index is 1.95. The van der Waals surface area contributed by atoms with Gasteiger partial charge in [-0.05, 0) is 26.7 Å². The van der Waals surface area contributed by atoms with Gasteiger partial charge in [-0.2, -0.15) is 0 Å². The summed E-state index contributed by atoms with van der Waals surface area (Å²) in [6, 6.07) is 2.41. The van der Waals surface area contributed by atoms with E-state index < -0.39 is 0 Å². The van der Waals surface area contributed by atoms with Gasteiger partial charge in [-0.15, -0.1) is 0 Å². The van der Waals surface area contributed by atoms with E-state index in [1.54, 1.807) is 13.4 Å². The molecule has 0 spiro atoms. The van der Waals surface area contributed by atoms with Crippen LogP contribution < -0.4 is 15.0 Å². The summed E-state index contributed by atoms with van der Waals surface area (Å²) in [4.78, 5) is 10.9. The average molecular weight is 294 g/mol. The van der Waals surface area contributed by atoms with Gasteiger partial charge in [0.25, 0.3) is 0 Å². The molecule has 0 saturated carbocycles. The maximum Gasteiger partial charge on any atom is 0.218 e. The van der Waals surface area contributed by atoms with Gasteiger partial charge < -0.3 is 19.7 Å². The van der Waals surface area contributed by atoms with Crippen LogP contribution in [-0.4, -0.2) is 55.5 Å². The van der Waals surface area contributed by atoms with Crippen LogP contribution in [0.3, 0.4) is 0 Å². The summed E-state index contributed by atoms with van der Waals surface area (Å²) in [5.74, 6) is 1.60. The smallest absolute Gasteiger partial charge is 0.218 e. The van der Waals surface area contributed by atoms with Crippen molar-refractivity contribution in [1.29, 1.82) is 0 Å². The van der Waals surface area contributed by atoms with Gasteiger partial charge in [0, 0.05) is 38.9 Å². The highest BCUT2D eigenvalue weighted by atomic mass is 16.5. The normalized spacial score (nSPS) is 18.5. The number of hydrogen-bond acceptors (Lipinski definition) is 6. The van der Waals surface area contributed by atoms with Crippen LogP contribution in [0.1, 0.15) is 26.7 Å². The van der Waals surface area contributed by atoms with Gasteiger partial charge >= 0.3 is 0 Å². The van der Waals surface area contributed by atoms with Crippen molar-refractivity contribution in [1.82, 2.24) is 15.3 Å². The van der Waals surface area contributed by atoms with Crippen molar-refractivity contribution in [2.75, 3.05) is 38.3 Å². The number of anilines is 1. The Bertz CT molecular complexity index is 428. The minimum absolute atomic E-state index is 0.123. The zero-order valence-electron chi connectivity index (χ0n) is 13.2. The van der Waals surface area contributed by atoms with Crippen LogP contribution in [-0.2, 0) is 4.74 Å². The number of rotatable bonds is 8. The van der Waals surface area contributed by atoms with Crippen molar-refractivity contribution in [2.24, 2.45) is 0 Å². The molecule has 21 heavy (non-hydrogen) atoms. The van der Waals surface area contributed by atoms with E-state index in [4.69, 9.17) is 9.47 Å². The molecule has 1 aromatic heterocycles. The third-order valence-electron chi connectivity index (χ3n) is 3.52. The SMILES string of the molecule is COCCNCC1CCCN1c1cc(OC(C)C)ncn1. The molecule has 1 saturated heterocycles. The fraction of sp³-hybridized carbons (Fsp3) is 0.733. The first kappa shape index (κ1) is 16.0. The maximum absolute atomic E-state index is 5.65. The van der Waals surface area contributed by atoms with Crippen molar-refractivity contribution >= 4 is 5.82 Å². The number of hydrogen-bond donors (Lipinski definition) is 1. The largest absolute Gasteiger partial charge is 0.475 e. The predicted molar refractivity (Wildman–Crippen MR) is 82.9 cm³/mol. The van der Waals surface area contributed by atoms with Crippen LogP contribution in [0.25, 0.3) is 0 Å². The quantitative estimate of drug-likeness (QED) is 0.733. The highest BCUT2D eigenvalue weighted by molar-refractivity contribution is 5.43. The molecule has 6 heteroatoms. The molecule has 0 aliphatic carbocycles. The second-order valence-electron chi connectivity index (χ2n) is 5.57. The van der Waals surface area contributed by atoms with E-state index in [1.807, 2.05) is 19.9 Å². The molecule has 118 valence electrons. The Morgan fingerprint density at radius 2 is 2.29 bits per heavy atom. The minimum atomic E-state index is 0.123. The Morgan fingerprint density at radius 1 is 1.43 bits per heavy atom. The summed E-state index contributed by atoms with van der Waals surface area (Å²) < 4.78 is 10.7. The van der Waals surface area contributed by atoms with Crippen LogP contribution in [0.2, 0.25) is 0 Å². The Morgan fingerprint density at radius 3 is 3.05 bits per heavy atom. The Labute approximate surface area is 126 Å². The summed E-state index contributed by atoms with van der Waals surface area (Å²) in [7, 11) is 1.72. The lowest BCUT2D eigenvalue weighted by atomic mass is 10.2. The first-order valence-electron chi connectivity index (χ1n) is 7.65. The van der Waals surface area contributed by atoms with E-state index in [1.165, 1.54) is 12.8 Å². The van der Waals surface area contributed by atoms with E-state index in [0.717, 1.165) is 32.1 Å². The summed E-state index contributed by atoms with van der Waals surface area (Å²) >= 11 is 0. The van der Waals surface area contributed by atoms with Gasteiger partial charge in [0.1, 0.15) is 12.1 Å². The molecular weight excluding hydrogens is 268 g/mol. The molecule has 1 aromatic rings. The van der Waals surface area contributed by atoms with Gasteiger partial charge in [0.2, 0.25) is 5.88 Å². The van der Waals surface area contributed by atoms with Gasteiger partial charge in [-0.3, -0.25) is 0 Å². The number of methoxy groups -OCH3 is 1. The fourth-order valence-corrected chi connectivity index (χ4v) is 2.59. The molecule has 0 radical (unpaired) electrons. The van der Waals surface area contributed by atoms with E-state index in [0.29, 0.717) is 11.9 Å². The number of nitrogens with zero attached hydrogens (tertiary/aromatic N) is 3. The molecular formula is C15H26N4O2. The molecule has 1 aliphatic heterocycles. The molecule has 1 atom stereocenters. The monoisotopic (exact) mass is 294 g/mol. The van der Waals surface area contributed by atoms with E-state index in [-0.39, 0.29) is 6.10 Å². The number of ether oxygens (including phenoxy) is 2. The summed E-state index contributed by atoms with van der Waals surface area (Å²) in [5, 5.41) is 3.43. The molecule has 0 amide bonds. The molecule has 1 N–H and O–H groups in total. The van der Waals surface area contributed by atoms with Gasteiger partial charge in [-0.25, -0.2) is 9.97 Å². The molecule has 0 bridgehead atoms. The second-order valence-corrected chi connectivity index (χ2v) is 5.57. The van der Waals surface area contributed by atoms with Crippen LogP contribution in [0.5, 0.6) is 5.88 Å². The fourth-order valence-electron chi connectivity index (χ4n) is 2.59. The van der Waals surface area contributed by atoms with Crippen molar-refractivity contribution in [2.45, 2.75) is 38.8 Å².